The van der Waals surface area contributed by atoms with E-state index in [1.807, 2.05) is 0 Å². The Morgan fingerprint density at radius 2 is 2.03 bits per heavy atom. The van der Waals surface area contributed by atoms with Crippen LogP contribution in [0.15, 0.2) is 54.9 Å². The Labute approximate surface area is 199 Å². The van der Waals surface area contributed by atoms with Crippen molar-refractivity contribution in [3.8, 4) is 0 Å². The maximum Gasteiger partial charge on any atom is 0.252 e. The number of fused-ring (bicyclic) bond motifs is 1. The average molecular weight is 481 g/mol. The molecule has 1 saturated heterocycles. The molecule has 5 rings (SSSR count). The number of nitrogens with one attached hydrogen (secondary N) is 3. The van der Waals surface area contributed by atoms with Crippen LogP contribution in [0.4, 0.5) is 10.3 Å². The Balaban J connectivity index is 1.40. The molecule has 34 heavy (non-hydrogen) atoms. The molecule has 1 aliphatic heterocycles. The first-order valence-electron chi connectivity index (χ1n) is 10.9. The number of hydrogen-bond donors (Lipinski definition) is 3. The van der Waals surface area contributed by atoms with Gasteiger partial charge in [0.15, 0.2) is 0 Å². The molecule has 1 atom stereocenters. The van der Waals surface area contributed by atoms with Gasteiger partial charge in [-0.05, 0) is 48.7 Å². The van der Waals surface area contributed by atoms with Gasteiger partial charge in [-0.2, -0.15) is 5.10 Å². The van der Waals surface area contributed by atoms with Gasteiger partial charge in [-0.3, -0.25) is 9.89 Å². The third-order valence-corrected chi connectivity index (χ3v) is 6.09. The van der Waals surface area contributed by atoms with E-state index in [2.05, 4.69) is 30.8 Å². The number of amides is 1. The van der Waals surface area contributed by atoms with Gasteiger partial charge in [0, 0.05) is 42.6 Å². The fraction of sp³-hybridized carbons (Fsp3) is 0.250. The van der Waals surface area contributed by atoms with Crippen LogP contribution >= 0.6 is 11.6 Å². The number of benzene rings is 2. The molecule has 0 radical (unpaired) electrons. The molecule has 0 spiro atoms. The lowest BCUT2D eigenvalue weighted by atomic mass is 10.0. The second-order valence-corrected chi connectivity index (χ2v) is 8.50. The van der Waals surface area contributed by atoms with Gasteiger partial charge in [0.25, 0.3) is 5.91 Å². The number of carbonyl (C=O) groups is 1. The molecule has 10 heteroatoms. The van der Waals surface area contributed by atoms with Gasteiger partial charge in [-0.25, -0.2) is 14.4 Å². The smallest absolute Gasteiger partial charge is 0.252 e. The fourth-order valence-corrected chi connectivity index (χ4v) is 4.05. The molecule has 2 aromatic heterocycles. The summed E-state index contributed by atoms with van der Waals surface area (Å²) in [7, 11) is 0. The van der Waals surface area contributed by atoms with Crippen molar-refractivity contribution in [1.29, 1.82) is 0 Å². The summed E-state index contributed by atoms with van der Waals surface area (Å²) < 4.78 is 19.5. The predicted octanol–water partition coefficient (Wildman–Crippen LogP) is 4.26. The lowest BCUT2D eigenvalue weighted by molar-refractivity contribution is 0.0903. The van der Waals surface area contributed by atoms with Crippen LogP contribution in [-0.4, -0.2) is 45.3 Å². The van der Waals surface area contributed by atoms with E-state index in [1.165, 1.54) is 12.1 Å². The number of anilines is 1. The quantitative estimate of drug-likeness (QED) is 0.381. The number of aromatic nitrogens is 4. The summed E-state index contributed by atoms with van der Waals surface area (Å²) >= 11 is 5.84. The number of carbonyl (C=O) groups excluding carboxylic acids is 1. The minimum absolute atomic E-state index is 0.0119. The first-order valence-corrected chi connectivity index (χ1v) is 11.3. The molecule has 3 heterocycles. The van der Waals surface area contributed by atoms with Crippen LogP contribution < -0.4 is 10.6 Å². The van der Waals surface area contributed by atoms with E-state index >= 15 is 0 Å². The number of H-pyrrole nitrogens is 1. The van der Waals surface area contributed by atoms with E-state index in [1.54, 1.807) is 42.7 Å². The average Bonchev–Trinajstić information content (AvgIpc) is 3.39. The molecular weight excluding hydrogens is 459 g/mol. The predicted molar refractivity (Wildman–Crippen MR) is 126 cm³/mol. The van der Waals surface area contributed by atoms with Gasteiger partial charge in [0.1, 0.15) is 5.82 Å². The van der Waals surface area contributed by atoms with Crippen molar-refractivity contribution in [3.05, 3.63) is 82.5 Å². The molecule has 2 aromatic carbocycles. The molecule has 3 N–H and O–H groups in total. The van der Waals surface area contributed by atoms with E-state index in [9.17, 15) is 9.18 Å². The van der Waals surface area contributed by atoms with Crippen LogP contribution in [0.5, 0.6) is 0 Å². The molecular formula is C24H22ClFN6O2. The zero-order valence-electron chi connectivity index (χ0n) is 18.1. The van der Waals surface area contributed by atoms with Crippen molar-refractivity contribution in [3.63, 3.8) is 0 Å². The summed E-state index contributed by atoms with van der Waals surface area (Å²) in [6.07, 6.45) is 5.09. The molecule has 0 bridgehead atoms. The van der Waals surface area contributed by atoms with Gasteiger partial charge >= 0.3 is 0 Å². The Morgan fingerprint density at radius 3 is 2.79 bits per heavy atom. The van der Waals surface area contributed by atoms with E-state index in [0.717, 1.165) is 18.2 Å². The minimum atomic E-state index is -0.645. The van der Waals surface area contributed by atoms with Crippen LogP contribution in [0, 0.1) is 5.82 Å². The minimum Gasteiger partial charge on any atom is -0.381 e. The largest absolute Gasteiger partial charge is 0.381 e. The highest BCUT2D eigenvalue weighted by atomic mass is 35.5. The SMILES string of the molecule is O=C(N[C@@H](c1ccc(Cl)c(F)c1)c1ccn[nH]1)c1ccc2cnc(NC3CCOCC3)nc2c1. The van der Waals surface area contributed by atoms with Crippen molar-refractivity contribution in [1.82, 2.24) is 25.5 Å². The topological polar surface area (TPSA) is 105 Å². The molecule has 1 fully saturated rings. The second kappa shape index (κ2) is 9.74. The van der Waals surface area contributed by atoms with Gasteiger partial charge in [-0.15, -0.1) is 0 Å². The van der Waals surface area contributed by atoms with Crippen molar-refractivity contribution >= 4 is 34.4 Å². The van der Waals surface area contributed by atoms with Crippen molar-refractivity contribution in [2.24, 2.45) is 0 Å². The fourth-order valence-electron chi connectivity index (χ4n) is 3.93. The van der Waals surface area contributed by atoms with Gasteiger partial charge < -0.3 is 15.4 Å². The van der Waals surface area contributed by atoms with E-state index in [-0.39, 0.29) is 17.0 Å². The highest BCUT2D eigenvalue weighted by Crippen LogP contribution is 2.25. The Morgan fingerprint density at radius 1 is 1.18 bits per heavy atom. The molecule has 1 amide bonds. The highest BCUT2D eigenvalue weighted by Gasteiger charge is 2.21. The number of ether oxygens (including phenoxy) is 1. The Hall–Kier alpha value is -3.56. The van der Waals surface area contributed by atoms with Crippen LogP contribution in [0.1, 0.15) is 40.5 Å². The van der Waals surface area contributed by atoms with E-state index < -0.39 is 11.9 Å². The summed E-state index contributed by atoms with van der Waals surface area (Å²) in [5, 5.41) is 13.9. The number of hydrogen-bond acceptors (Lipinski definition) is 6. The van der Waals surface area contributed by atoms with E-state index in [4.69, 9.17) is 16.3 Å². The number of halogens is 2. The number of nitrogens with zero attached hydrogens (tertiary/aromatic N) is 3. The third kappa shape index (κ3) is 4.85. The van der Waals surface area contributed by atoms with Crippen LogP contribution in [0.25, 0.3) is 10.9 Å². The van der Waals surface area contributed by atoms with Gasteiger partial charge in [0.05, 0.1) is 22.3 Å². The Bertz CT molecular complexity index is 1310. The lowest BCUT2D eigenvalue weighted by Crippen LogP contribution is -2.29. The molecule has 1 aliphatic rings. The monoisotopic (exact) mass is 480 g/mol. The molecule has 0 saturated carbocycles. The number of aromatic amines is 1. The second-order valence-electron chi connectivity index (χ2n) is 8.09. The maximum atomic E-state index is 14.1. The Kier molecular flexibility index (Phi) is 6.37. The third-order valence-electron chi connectivity index (χ3n) is 5.79. The first-order chi connectivity index (χ1) is 16.6. The van der Waals surface area contributed by atoms with Gasteiger partial charge in [0.2, 0.25) is 5.95 Å². The normalized spacial score (nSPS) is 15.2. The van der Waals surface area contributed by atoms with Crippen LogP contribution in [-0.2, 0) is 4.74 Å². The van der Waals surface area contributed by atoms with Crippen LogP contribution in [0.2, 0.25) is 5.02 Å². The summed E-state index contributed by atoms with van der Waals surface area (Å²) in [4.78, 5) is 22.2. The maximum absolute atomic E-state index is 14.1. The summed E-state index contributed by atoms with van der Waals surface area (Å²) in [6, 6.07) is 11.0. The molecule has 8 nitrogen and oxygen atoms in total. The summed E-state index contributed by atoms with van der Waals surface area (Å²) in [6.45, 7) is 1.43. The summed E-state index contributed by atoms with van der Waals surface area (Å²) in [5.41, 5.74) is 2.21. The molecule has 4 aromatic rings. The van der Waals surface area contributed by atoms with Crippen LogP contribution in [0.3, 0.4) is 0 Å². The van der Waals surface area contributed by atoms with E-state index in [0.29, 0.717) is 41.5 Å². The standard InChI is InChI=1S/C24H22ClFN6O2/c25-18-4-3-14(11-19(18)26)22(20-5-8-28-32-20)31-23(33)15-1-2-16-13-27-24(30-21(16)12-15)29-17-6-9-34-10-7-17/h1-5,8,11-13,17,22H,6-7,9-10H2,(H,28,32)(H,31,33)(H,27,29,30)/t22-/m0/s1. The zero-order chi connectivity index (χ0) is 23.5. The van der Waals surface area contributed by atoms with Gasteiger partial charge in [-0.1, -0.05) is 23.7 Å². The summed E-state index contributed by atoms with van der Waals surface area (Å²) in [5.74, 6) is -0.386. The number of rotatable bonds is 6. The molecule has 0 aliphatic carbocycles. The van der Waals surface area contributed by atoms with Crippen molar-refractivity contribution < 1.29 is 13.9 Å². The van der Waals surface area contributed by atoms with Crippen molar-refractivity contribution in [2.75, 3.05) is 18.5 Å². The zero-order valence-corrected chi connectivity index (χ0v) is 18.8. The highest BCUT2D eigenvalue weighted by molar-refractivity contribution is 6.30. The first kappa shape index (κ1) is 22.2. The molecule has 0 unspecified atom stereocenters. The lowest BCUT2D eigenvalue weighted by Gasteiger charge is -2.23. The molecule has 174 valence electrons. The van der Waals surface area contributed by atoms with Crippen molar-refractivity contribution in [2.45, 2.75) is 24.9 Å².